The van der Waals surface area contributed by atoms with Gasteiger partial charge in [0.2, 0.25) is 0 Å². The summed E-state index contributed by atoms with van der Waals surface area (Å²) in [6.45, 7) is 2.62. The van der Waals surface area contributed by atoms with Gasteiger partial charge >= 0.3 is 0 Å². The smallest absolute Gasteiger partial charge is 0.263 e. The fourth-order valence-corrected chi connectivity index (χ4v) is 5.71. The van der Waals surface area contributed by atoms with Crippen LogP contribution in [0.4, 0.5) is 0 Å². The van der Waals surface area contributed by atoms with Gasteiger partial charge in [0.15, 0.2) is 0 Å². The van der Waals surface area contributed by atoms with E-state index in [-0.39, 0.29) is 11.9 Å². The maximum Gasteiger partial charge on any atom is 0.263 e. The Labute approximate surface area is 228 Å². The lowest BCUT2D eigenvalue weighted by Gasteiger charge is -2.17. The van der Waals surface area contributed by atoms with Gasteiger partial charge in [0.05, 0.1) is 51.5 Å². The van der Waals surface area contributed by atoms with Gasteiger partial charge in [0.1, 0.15) is 4.88 Å². The maximum atomic E-state index is 12.4. The van der Waals surface area contributed by atoms with Crippen LogP contribution in [-0.2, 0) is 6.54 Å². The number of rotatable bonds is 6. The highest BCUT2D eigenvalue weighted by molar-refractivity contribution is 7.11. The Morgan fingerprint density at radius 2 is 1.74 bits per heavy atom. The highest BCUT2D eigenvalue weighted by Crippen LogP contribution is 2.32. The molecular weight excluding hydrogens is 506 g/mol. The van der Waals surface area contributed by atoms with Crippen LogP contribution in [0.3, 0.4) is 0 Å². The molecule has 8 nitrogen and oxygen atoms in total. The molecule has 1 saturated heterocycles. The molecule has 7 rings (SSSR count). The van der Waals surface area contributed by atoms with Gasteiger partial charge in [-0.3, -0.25) is 14.7 Å². The first-order valence-corrected chi connectivity index (χ1v) is 13.8. The number of imidazole rings is 1. The van der Waals surface area contributed by atoms with Crippen molar-refractivity contribution in [1.29, 1.82) is 0 Å². The molecule has 1 fully saturated rings. The lowest BCUT2D eigenvalue weighted by Crippen LogP contribution is -2.36. The molecule has 0 radical (unpaired) electrons. The summed E-state index contributed by atoms with van der Waals surface area (Å²) in [7, 11) is 0. The number of likely N-dealkylation sites (tertiary alicyclic amines) is 1. The fraction of sp³-hybridized carbons (Fsp3) is 0.167. The standard InChI is InChI=1S/C30H25N7OS/c38-30(27-14-31-18-39-27)34-22-10-11-37(16-22)15-19-6-8-21(9-7-19)29-28(20-4-2-1-3-5-20)35-25-12-23-24(33-17-32-23)13-26(25)36-29/h1-9,12-14,17-18,22H,10-11,15-16H2,(H,32,33)(H,34,38)/t22-/m1/s1. The van der Waals surface area contributed by atoms with Gasteiger partial charge in [0, 0.05) is 36.8 Å². The van der Waals surface area contributed by atoms with Crippen LogP contribution in [0.25, 0.3) is 44.6 Å². The van der Waals surface area contributed by atoms with E-state index in [1.807, 2.05) is 30.3 Å². The summed E-state index contributed by atoms with van der Waals surface area (Å²) in [5.41, 5.74) is 10.1. The van der Waals surface area contributed by atoms with Crippen LogP contribution in [0.5, 0.6) is 0 Å². The van der Waals surface area contributed by atoms with E-state index in [4.69, 9.17) is 9.97 Å². The predicted octanol–water partition coefficient (Wildman–Crippen LogP) is 5.30. The van der Waals surface area contributed by atoms with E-state index < -0.39 is 0 Å². The molecule has 0 spiro atoms. The number of hydrogen-bond donors (Lipinski definition) is 2. The Bertz CT molecular complexity index is 1760. The molecule has 6 aromatic rings. The van der Waals surface area contributed by atoms with Gasteiger partial charge in [-0.15, -0.1) is 11.3 Å². The quantitative estimate of drug-likeness (QED) is 0.303. The molecule has 39 heavy (non-hydrogen) atoms. The zero-order chi connectivity index (χ0) is 26.2. The van der Waals surface area contributed by atoms with E-state index in [2.05, 4.69) is 61.6 Å². The zero-order valence-corrected chi connectivity index (χ0v) is 21.9. The minimum absolute atomic E-state index is 0.0348. The number of carbonyl (C=O) groups excluding carboxylic acids is 1. The number of H-pyrrole nitrogens is 1. The Balaban J connectivity index is 1.13. The second kappa shape index (κ2) is 10.0. The molecule has 0 aliphatic carbocycles. The number of benzene rings is 3. The van der Waals surface area contributed by atoms with E-state index >= 15 is 0 Å². The van der Waals surface area contributed by atoms with Gasteiger partial charge in [-0.25, -0.2) is 15.0 Å². The van der Waals surface area contributed by atoms with Crippen LogP contribution < -0.4 is 5.32 Å². The minimum atomic E-state index is -0.0348. The highest BCUT2D eigenvalue weighted by Gasteiger charge is 2.24. The van der Waals surface area contributed by atoms with Crippen molar-refractivity contribution in [2.45, 2.75) is 19.0 Å². The summed E-state index contributed by atoms with van der Waals surface area (Å²) < 4.78 is 0. The summed E-state index contributed by atoms with van der Waals surface area (Å²) in [5.74, 6) is -0.0348. The first-order valence-electron chi connectivity index (χ1n) is 12.9. The normalized spacial score (nSPS) is 15.7. The average molecular weight is 532 g/mol. The molecule has 0 bridgehead atoms. The Morgan fingerprint density at radius 1 is 0.974 bits per heavy atom. The second-order valence-electron chi connectivity index (χ2n) is 9.80. The third kappa shape index (κ3) is 4.78. The van der Waals surface area contributed by atoms with Crippen LogP contribution in [0.15, 0.2) is 84.8 Å². The van der Waals surface area contributed by atoms with E-state index in [0.29, 0.717) is 4.88 Å². The summed E-state index contributed by atoms with van der Waals surface area (Å²) in [6, 6.07) is 22.9. The number of fused-ring (bicyclic) bond motifs is 2. The van der Waals surface area contributed by atoms with Gasteiger partial charge in [-0.1, -0.05) is 54.6 Å². The van der Waals surface area contributed by atoms with Gasteiger partial charge in [-0.05, 0) is 24.1 Å². The number of nitrogens with one attached hydrogen (secondary N) is 2. The Morgan fingerprint density at radius 3 is 2.51 bits per heavy atom. The topological polar surface area (TPSA) is 99.7 Å². The van der Waals surface area contributed by atoms with Crippen LogP contribution in [0, 0.1) is 0 Å². The molecule has 1 aliphatic rings. The lowest BCUT2D eigenvalue weighted by atomic mass is 10.0. The molecule has 3 aromatic heterocycles. The molecule has 1 amide bonds. The van der Waals surface area contributed by atoms with Crippen molar-refractivity contribution in [3.63, 3.8) is 0 Å². The molecule has 2 N–H and O–H groups in total. The molecule has 0 unspecified atom stereocenters. The SMILES string of the molecule is O=C(N[C@@H]1CCN(Cc2ccc(-c3nc4cc5nc[nH]c5cc4nc3-c3ccccc3)cc2)C1)c1cncs1. The largest absolute Gasteiger partial charge is 0.347 e. The fourth-order valence-electron chi connectivity index (χ4n) is 5.19. The third-order valence-corrected chi connectivity index (χ3v) is 7.92. The summed E-state index contributed by atoms with van der Waals surface area (Å²) in [5, 5.41) is 3.14. The van der Waals surface area contributed by atoms with E-state index in [1.54, 1.807) is 18.0 Å². The highest BCUT2D eigenvalue weighted by atomic mass is 32.1. The van der Waals surface area contributed by atoms with Crippen LogP contribution in [0.2, 0.25) is 0 Å². The number of hydrogen-bond acceptors (Lipinski definition) is 7. The minimum Gasteiger partial charge on any atom is -0.347 e. The van der Waals surface area contributed by atoms with E-state index in [1.165, 1.54) is 16.9 Å². The van der Waals surface area contributed by atoms with Crippen LogP contribution >= 0.6 is 11.3 Å². The molecule has 1 aliphatic heterocycles. The second-order valence-corrected chi connectivity index (χ2v) is 10.7. The van der Waals surface area contributed by atoms with E-state index in [0.717, 1.165) is 70.6 Å². The maximum absolute atomic E-state index is 12.4. The number of nitrogens with zero attached hydrogens (tertiary/aromatic N) is 5. The molecule has 1 atom stereocenters. The summed E-state index contributed by atoms with van der Waals surface area (Å²) in [4.78, 5) is 37.1. The Kier molecular flexibility index (Phi) is 6.07. The Hall–Kier alpha value is -4.47. The summed E-state index contributed by atoms with van der Waals surface area (Å²) >= 11 is 1.37. The molecule has 0 saturated carbocycles. The zero-order valence-electron chi connectivity index (χ0n) is 21.0. The van der Waals surface area contributed by atoms with Crippen molar-refractivity contribution in [1.82, 2.24) is 35.1 Å². The molecule has 3 aromatic carbocycles. The predicted molar refractivity (Wildman–Crippen MR) is 153 cm³/mol. The van der Waals surface area contributed by atoms with Crippen molar-refractivity contribution in [2.24, 2.45) is 0 Å². The van der Waals surface area contributed by atoms with Gasteiger partial charge in [-0.2, -0.15) is 0 Å². The number of amides is 1. The van der Waals surface area contributed by atoms with Crippen molar-refractivity contribution in [2.75, 3.05) is 13.1 Å². The van der Waals surface area contributed by atoms with Crippen molar-refractivity contribution >= 4 is 39.3 Å². The van der Waals surface area contributed by atoms with Crippen molar-refractivity contribution < 1.29 is 4.79 Å². The lowest BCUT2D eigenvalue weighted by molar-refractivity contribution is 0.0941. The average Bonchev–Trinajstić information content (AvgIpc) is 3.75. The first-order chi connectivity index (χ1) is 19.2. The number of thiazole rings is 1. The third-order valence-electron chi connectivity index (χ3n) is 7.15. The van der Waals surface area contributed by atoms with Gasteiger partial charge < -0.3 is 10.3 Å². The molecule has 4 heterocycles. The molecular formula is C30H25N7OS. The van der Waals surface area contributed by atoms with Crippen molar-refractivity contribution in [3.05, 3.63) is 95.2 Å². The number of carbonyl (C=O) groups is 1. The van der Waals surface area contributed by atoms with E-state index in [9.17, 15) is 4.79 Å². The number of aromatic nitrogens is 5. The van der Waals surface area contributed by atoms with Gasteiger partial charge in [0.25, 0.3) is 5.91 Å². The van der Waals surface area contributed by atoms with Crippen LogP contribution in [0.1, 0.15) is 21.7 Å². The van der Waals surface area contributed by atoms with Crippen molar-refractivity contribution in [3.8, 4) is 22.5 Å². The number of aromatic amines is 1. The van der Waals surface area contributed by atoms with Crippen LogP contribution in [-0.4, -0.2) is 54.9 Å². The molecule has 9 heteroatoms. The summed E-state index contributed by atoms with van der Waals surface area (Å²) in [6.07, 6.45) is 4.26. The first kappa shape index (κ1) is 23.6. The molecule has 192 valence electrons. The monoisotopic (exact) mass is 531 g/mol.